The summed E-state index contributed by atoms with van der Waals surface area (Å²) in [6.07, 6.45) is 0. The topological polar surface area (TPSA) is 90.6 Å². The molecule has 0 radical (unpaired) electrons. The van der Waals surface area contributed by atoms with Gasteiger partial charge in [0.1, 0.15) is 0 Å². The molecule has 0 bridgehead atoms. The highest BCUT2D eigenvalue weighted by Crippen LogP contribution is 2.28. The fraction of sp³-hybridized carbons (Fsp3) is 0.250. The molecule has 0 saturated carbocycles. The van der Waals surface area contributed by atoms with Crippen LogP contribution < -0.4 is 19.9 Å². The molecular formula is C16H20N2O4S. The first-order chi connectivity index (χ1) is 10.9. The number of hydrogen-bond acceptors (Lipinski definition) is 5. The summed E-state index contributed by atoms with van der Waals surface area (Å²) in [6, 6.07) is 12.0. The Hall–Kier alpha value is -2.25. The Kier molecular flexibility index (Phi) is 5.46. The van der Waals surface area contributed by atoms with Gasteiger partial charge in [0.15, 0.2) is 11.5 Å². The lowest BCUT2D eigenvalue weighted by atomic mass is 10.2. The van der Waals surface area contributed by atoms with E-state index in [2.05, 4.69) is 5.32 Å². The molecular weight excluding hydrogens is 316 g/mol. The van der Waals surface area contributed by atoms with E-state index < -0.39 is 10.0 Å². The molecule has 0 fully saturated rings. The van der Waals surface area contributed by atoms with Gasteiger partial charge >= 0.3 is 0 Å². The summed E-state index contributed by atoms with van der Waals surface area (Å²) in [4.78, 5) is 0.0887. The third-order valence-electron chi connectivity index (χ3n) is 3.21. The lowest BCUT2D eigenvalue weighted by Crippen LogP contribution is -2.12. The minimum absolute atomic E-state index is 0.0887. The van der Waals surface area contributed by atoms with Gasteiger partial charge in [0.2, 0.25) is 10.0 Å². The van der Waals surface area contributed by atoms with Crippen LogP contribution in [-0.2, 0) is 16.6 Å². The van der Waals surface area contributed by atoms with Crippen LogP contribution in [0.25, 0.3) is 0 Å². The number of methoxy groups -OCH3 is 1. The van der Waals surface area contributed by atoms with Gasteiger partial charge in [-0.05, 0) is 48.9 Å². The normalized spacial score (nSPS) is 11.1. The van der Waals surface area contributed by atoms with Crippen molar-refractivity contribution in [2.45, 2.75) is 18.4 Å². The molecule has 0 aliphatic rings. The van der Waals surface area contributed by atoms with E-state index >= 15 is 0 Å². The smallest absolute Gasteiger partial charge is 0.238 e. The van der Waals surface area contributed by atoms with E-state index in [1.165, 1.54) is 12.1 Å². The Balaban J connectivity index is 2.06. The van der Waals surface area contributed by atoms with Gasteiger partial charge in [0.25, 0.3) is 0 Å². The molecule has 2 rings (SSSR count). The molecule has 23 heavy (non-hydrogen) atoms. The van der Waals surface area contributed by atoms with Gasteiger partial charge in [-0.15, -0.1) is 0 Å². The first-order valence-electron chi connectivity index (χ1n) is 7.10. The number of rotatable bonds is 7. The van der Waals surface area contributed by atoms with Crippen LogP contribution in [0.1, 0.15) is 12.5 Å². The number of ether oxygens (including phenoxy) is 2. The van der Waals surface area contributed by atoms with Crippen molar-refractivity contribution in [1.29, 1.82) is 0 Å². The average molecular weight is 336 g/mol. The van der Waals surface area contributed by atoms with Crippen molar-refractivity contribution in [3.05, 3.63) is 48.0 Å². The highest BCUT2D eigenvalue weighted by atomic mass is 32.2. The van der Waals surface area contributed by atoms with Crippen molar-refractivity contribution in [1.82, 2.24) is 0 Å². The van der Waals surface area contributed by atoms with Gasteiger partial charge in [-0.2, -0.15) is 0 Å². The van der Waals surface area contributed by atoms with E-state index in [4.69, 9.17) is 14.6 Å². The van der Waals surface area contributed by atoms with E-state index in [1.54, 1.807) is 19.2 Å². The Bertz CT molecular complexity index is 758. The molecule has 0 aromatic heterocycles. The highest BCUT2D eigenvalue weighted by Gasteiger charge is 2.07. The van der Waals surface area contributed by atoms with Crippen LogP contribution in [0.3, 0.4) is 0 Å². The number of benzene rings is 2. The maximum absolute atomic E-state index is 11.2. The van der Waals surface area contributed by atoms with Crippen LogP contribution in [0.15, 0.2) is 47.4 Å². The maximum Gasteiger partial charge on any atom is 0.238 e. The van der Waals surface area contributed by atoms with Crippen molar-refractivity contribution < 1.29 is 17.9 Å². The van der Waals surface area contributed by atoms with Crippen molar-refractivity contribution in [2.24, 2.45) is 5.14 Å². The summed E-state index contributed by atoms with van der Waals surface area (Å²) in [5.41, 5.74) is 1.81. The quantitative estimate of drug-likeness (QED) is 0.810. The van der Waals surface area contributed by atoms with Crippen LogP contribution in [0.5, 0.6) is 11.5 Å². The Morgan fingerprint density at radius 1 is 1.09 bits per heavy atom. The van der Waals surface area contributed by atoms with Crippen LogP contribution in [0.2, 0.25) is 0 Å². The second kappa shape index (κ2) is 7.34. The molecule has 0 saturated heterocycles. The standard InChI is InChI=1S/C16H20N2O4S/c1-3-22-15-9-4-12(10-16(15)21-2)11-18-13-5-7-14(8-6-13)23(17,19)20/h4-10,18H,3,11H2,1-2H3,(H2,17,19,20). The molecule has 0 amide bonds. The molecule has 2 aromatic carbocycles. The highest BCUT2D eigenvalue weighted by molar-refractivity contribution is 7.89. The lowest BCUT2D eigenvalue weighted by molar-refractivity contribution is 0.310. The molecule has 3 N–H and O–H groups in total. The Morgan fingerprint density at radius 3 is 2.35 bits per heavy atom. The predicted molar refractivity (Wildman–Crippen MR) is 89.3 cm³/mol. The van der Waals surface area contributed by atoms with Gasteiger partial charge in [0.05, 0.1) is 18.6 Å². The fourth-order valence-electron chi connectivity index (χ4n) is 2.06. The average Bonchev–Trinajstić information content (AvgIpc) is 2.53. The predicted octanol–water partition coefficient (Wildman–Crippen LogP) is 2.35. The van der Waals surface area contributed by atoms with E-state index in [0.29, 0.717) is 24.7 Å². The Morgan fingerprint density at radius 2 is 1.78 bits per heavy atom. The minimum atomic E-state index is -3.66. The van der Waals surface area contributed by atoms with Crippen LogP contribution in [0, 0.1) is 0 Å². The summed E-state index contributed by atoms with van der Waals surface area (Å²) in [7, 11) is -2.07. The summed E-state index contributed by atoms with van der Waals surface area (Å²) >= 11 is 0. The van der Waals surface area contributed by atoms with E-state index in [9.17, 15) is 8.42 Å². The van der Waals surface area contributed by atoms with Crippen molar-refractivity contribution in [2.75, 3.05) is 19.0 Å². The number of anilines is 1. The zero-order valence-corrected chi connectivity index (χ0v) is 13.9. The zero-order valence-electron chi connectivity index (χ0n) is 13.1. The second-order valence-electron chi connectivity index (χ2n) is 4.84. The number of nitrogens with two attached hydrogens (primary N) is 1. The Labute approximate surface area is 136 Å². The van der Waals surface area contributed by atoms with Crippen LogP contribution in [0.4, 0.5) is 5.69 Å². The zero-order chi connectivity index (χ0) is 16.9. The fourth-order valence-corrected chi connectivity index (χ4v) is 2.58. The second-order valence-corrected chi connectivity index (χ2v) is 6.40. The first-order valence-corrected chi connectivity index (χ1v) is 8.65. The number of hydrogen-bond donors (Lipinski definition) is 2. The van der Waals surface area contributed by atoms with Gasteiger partial charge < -0.3 is 14.8 Å². The lowest BCUT2D eigenvalue weighted by Gasteiger charge is -2.12. The van der Waals surface area contributed by atoms with Gasteiger partial charge in [-0.25, -0.2) is 13.6 Å². The molecule has 0 heterocycles. The van der Waals surface area contributed by atoms with Crippen LogP contribution in [-0.4, -0.2) is 22.1 Å². The first kappa shape index (κ1) is 17.1. The van der Waals surface area contributed by atoms with E-state index in [0.717, 1.165) is 11.3 Å². The van der Waals surface area contributed by atoms with Crippen molar-refractivity contribution in [3.63, 3.8) is 0 Å². The molecule has 2 aromatic rings. The summed E-state index contributed by atoms with van der Waals surface area (Å²) < 4.78 is 33.2. The molecule has 0 unspecified atom stereocenters. The molecule has 7 heteroatoms. The molecule has 124 valence electrons. The van der Waals surface area contributed by atoms with E-state index in [1.807, 2.05) is 25.1 Å². The van der Waals surface area contributed by atoms with Crippen molar-refractivity contribution in [3.8, 4) is 11.5 Å². The molecule has 0 aliphatic heterocycles. The van der Waals surface area contributed by atoms with Gasteiger partial charge in [0, 0.05) is 12.2 Å². The third-order valence-corrected chi connectivity index (χ3v) is 4.14. The van der Waals surface area contributed by atoms with E-state index in [-0.39, 0.29) is 4.90 Å². The summed E-state index contributed by atoms with van der Waals surface area (Å²) in [6.45, 7) is 3.06. The minimum Gasteiger partial charge on any atom is -0.493 e. The SMILES string of the molecule is CCOc1ccc(CNc2ccc(S(N)(=O)=O)cc2)cc1OC. The monoisotopic (exact) mass is 336 g/mol. The molecule has 6 nitrogen and oxygen atoms in total. The molecule has 0 atom stereocenters. The van der Waals surface area contributed by atoms with Gasteiger partial charge in [-0.1, -0.05) is 6.07 Å². The number of nitrogens with one attached hydrogen (secondary N) is 1. The molecule has 0 spiro atoms. The summed E-state index contributed by atoms with van der Waals surface area (Å²) in [5, 5.41) is 8.28. The number of primary sulfonamides is 1. The summed E-state index contributed by atoms with van der Waals surface area (Å²) in [5.74, 6) is 1.38. The largest absolute Gasteiger partial charge is 0.493 e. The van der Waals surface area contributed by atoms with Gasteiger partial charge in [-0.3, -0.25) is 0 Å². The maximum atomic E-state index is 11.2. The van der Waals surface area contributed by atoms with Crippen LogP contribution >= 0.6 is 0 Å². The van der Waals surface area contributed by atoms with Crippen molar-refractivity contribution >= 4 is 15.7 Å². The number of sulfonamides is 1. The molecule has 0 aliphatic carbocycles. The third kappa shape index (κ3) is 4.61.